The van der Waals surface area contributed by atoms with Crippen LogP contribution in [-0.4, -0.2) is 23.6 Å². The predicted octanol–water partition coefficient (Wildman–Crippen LogP) is 3.12. The number of thiazole rings is 1. The fraction of sp³-hybridized carbons (Fsp3) is 0.467. The topological polar surface area (TPSA) is 47.0 Å². The number of hydrogen-bond donors (Lipinski definition) is 1. The van der Waals surface area contributed by atoms with Crippen molar-refractivity contribution in [2.24, 2.45) is 0 Å². The van der Waals surface area contributed by atoms with Crippen molar-refractivity contribution in [3.63, 3.8) is 0 Å². The number of nitrogens with one attached hydrogen (secondary N) is 1. The fourth-order valence-corrected chi connectivity index (χ4v) is 3.25. The van der Waals surface area contributed by atoms with Gasteiger partial charge in [-0.05, 0) is 25.5 Å². The van der Waals surface area contributed by atoms with E-state index in [9.17, 15) is 0 Å². The summed E-state index contributed by atoms with van der Waals surface area (Å²) in [6, 6.07) is 4.03. The summed E-state index contributed by atoms with van der Waals surface area (Å²) in [6.45, 7) is 7.26. The molecule has 0 saturated carbocycles. The van der Waals surface area contributed by atoms with Gasteiger partial charge in [0.25, 0.3) is 0 Å². The average Bonchev–Trinajstić information content (AvgIpc) is 2.85. The summed E-state index contributed by atoms with van der Waals surface area (Å²) in [4.78, 5) is 10.4. The summed E-state index contributed by atoms with van der Waals surface area (Å²) < 4.78 is 5.11. The normalized spacial score (nSPS) is 12.4. The Morgan fingerprint density at radius 2 is 2.15 bits per heavy atom. The van der Waals surface area contributed by atoms with Crippen molar-refractivity contribution >= 4 is 11.3 Å². The van der Waals surface area contributed by atoms with Gasteiger partial charge in [-0.1, -0.05) is 19.9 Å². The highest BCUT2D eigenvalue weighted by Gasteiger charge is 2.18. The van der Waals surface area contributed by atoms with E-state index in [4.69, 9.17) is 9.72 Å². The lowest BCUT2D eigenvalue weighted by atomic mass is 10.1. The molecule has 0 amide bonds. The molecule has 1 unspecified atom stereocenters. The monoisotopic (exact) mass is 291 g/mol. The standard InChI is InChI=1S/C15H21N3OS/c1-5-12-10(3)20-15(18-12)14(16-6-2)11-7-8-13(19-4)17-9-11/h7-9,14,16H,5-6H2,1-4H3. The maximum atomic E-state index is 5.11. The first kappa shape index (κ1) is 14.9. The Balaban J connectivity index is 2.33. The van der Waals surface area contributed by atoms with Crippen LogP contribution in [0.3, 0.4) is 0 Å². The maximum absolute atomic E-state index is 5.11. The van der Waals surface area contributed by atoms with E-state index in [1.54, 1.807) is 18.4 Å². The summed E-state index contributed by atoms with van der Waals surface area (Å²) >= 11 is 1.76. The van der Waals surface area contributed by atoms with E-state index in [0.29, 0.717) is 5.88 Å². The minimum absolute atomic E-state index is 0.0995. The molecule has 2 heterocycles. The number of methoxy groups -OCH3 is 1. The molecule has 0 aliphatic heterocycles. The Hall–Kier alpha value is -1.46. The first-order chi connectivity index (χ1) is 9.69. The SMILES string of the molecule is CCNC(c1ccc(OC)nc1)c1nc(CC)c(C)s1. The highest BCUT2D eigenvalue weighted by molar-refractivity contribution is 7.11. The van der Waals surface area contributed by atoms with Gasteiger partial charge in [0.1, 0.15) is 5.01 Å². The zero-order valence-electron chi connectivity index (χ0n) is 12.4. The average molecular weight is 291 g/mol. The van der Waals surface area contributed by atoms with Gasteiger partial charge in [0, 0.05) is 17.1 Å². The van der Waals surface area contributed by atoms with Gasteiger partial charge in [0.05, 0.1) is 18.8 Å². The molecule has 1 atom stereocenters. The molecule has 0 saturated heterocycles. The predicted molar refractivity (Wildman–Crippen MR) is 82.5 cm³/mol. The van der Waals surface area contributed by atoms with Crippen molar-refractivity contribution in [3.8, 4) is 5.88 Å². The number of nitrogens with zero attached hydrogens (tertiary/aromatic N) is 2. The number of aryl methyl sites for hydroxylation is 2. The van der Waals surface area contributed by atoms with E-state index in [1.807, 2.05) is 18.3 Å². The largest absolute Gasteiger partial charge is 0.481 e. The summed E-state index contributed by atoms with van der Waals surface area (Å²) in [5.41, 5.74) is 2.30. The summed E-state index contributed by atoms with van der Waals surface area (Å²) in [6.07, 6.45) is 2.83. The second-order valence-electron chi connectivity index (χ2n) is 4.53. The number of rotatable bonds is 6. The van der Waals surface area contributed by atoms with Gasteiger partial charge < -0.3 is 10.1 Å². The van der Waals surface area contributed by atoms with Crippen molar-refractivity contribution in [3.05, 3.63) is 39.5 Å². The molecule has 2 aromatic heterocycles. The maximum Gasteiger partial charge on any atom is 0.212 e. The molecule has 4 nitrogen and oxygen atoms in total. The molecule has 2 rings (SSSR count). The van der Waals surface area contributed by atoms with Crippen LogP contribution in [0.1, 0.15) is 41.0 Å². The van der Waals surface area contributed by atoms with Gasteiger partial charge in [-0.2, -0.15) is 0 Å². The van der Waals surface area contributed by atoms with Crippen LogP contribution >= 0.6 is 11.3 Å². The Labute approximate surface area is 124 Å². The van der Waals surface area contributed by atoms with Crippen LogP contribution in [0.4, 0.5) is 0 Å². The summed E-state index contributed by atoms with van der Waals surface area (Å²) in [5, 5.41) is 4.59. The molecule has 1 N–H and O–H groups in total. The van der Waals surface area contributed by atoms with E-state index >= 15 is 0 Å². The van der Waals surface area contributed by atoms with Crippen molar-refractivity contribution in [1.82, 2.24) is 15.3 Å². The molecule has 5 heteroatoms. The lowest BCUT2D eigenvalue weighted by Gasteiger charge is -2.15. The molecule has 0 aliphatic rings. The first-order valence-corrected chi connectivity index (χ1v) is 7.70. The van der Waals surface area contributed by atoms with E-state index in [2.05, 4.69) is 31.1 Å². The highest BCUT2D eigenvalue weighted by atomic mass is 32.1. The first-order valence-electron chi connectivity index (χ1n) is 6.89. The van der Waals surface area contributed by atoms with Crippen LogP contribution in [0, 0.1) is 6.92 Å². The zero-order chi connectivity index (χ0) is 14.5. The van der Waals surface area contributed by atoms with E-state index in [0.717, 1.165) is 23.5 Å². The number of aromatic nitrogens is 2. The van der Waals surface area contributed by atoms with Gasteiger partial charge in [0.2, 0.25) is 5.88 Å². The molecule has 0 fully saturated rings. The summed E-state index contributed by atoms with van der Waals surface area (Å²) in [7, 11) is 1.63. The molecule has 0 aromatic carbocycles. The van der Waals surface area contributed by atoms with Crippen LogP contribution in [-0.2, 0) is 6.42 Å². The third-order valence-electron chi connectivity index (χ3n) is 3.20. The Kier molecular flexibility index (Phi) is 5.09. The Bertz CT molecular complexity index is 551. The van der Waals surface area contributed by atoms with Crippen molar-refractivity contribution in [2.75, 3.05) is 13.7 Å². The minimum atomic E-state index is 0.0995. The van der Waals surface area contributed by atoms with Gasteiger partial charge in [-0.25, -0.2) is 9.97 Å². The molecule has 0 spiro atoms. The smallest absolute Gasteiger partial charge is 0.212 e. The van der Waals surface area contributed by atoms with Gasteiger partial charge >= 0.3 is 0 Å². The molecule has 108 valence electrons. The number of hydrogen-bond acceptors (Lipinski definition) is 5. The lowest BCUT2D eigenvalue weighted by molar-refractivity contribution is 0.397. The molecule has 0 aliphatic carbocycles. The molecule has 0 radical (unpaired) electrons. The van der Waals surface area contributed by atoms with Crippen molar-refractivity contribution in [1.29, 1.82) is 0 Å². The van der Waals surface area contributed by atoms with Crippen LogP contribution in [0.25, 0.3) is 0 Å². The highest BCUT2D eigenvalue weighted by Crippen LogP contribution is 2.28. The third kappa shape index (κ3) is 3.16. The molecule has 2 aromatic rings. The Morgan fingerprint density at radius 1 is 1.35 bits per heavy atom. The van der Waals surface area contributed by atoms with E-state index in [-0.39, 0.29) is 6.04 Å². The van der Waals surface area contributed by atoms with Crippen molar-refractivity contribution < 1.29 is 4.74 Å². The number of ether oxygens (including phenoxy) is 1. The van der Waals surface area contributed by atoms with E-state index < -0.39 is 0 Å². The van der Waals surface area contributed by atoms with Gasteiger partial charge in [-0.3, -0.25) is 0 Å². The third-order valence-corrected chi connectivity index (χ3v) is 4.28. The second kappa shape index (κ2) is 6.81. The zero-order valence-corrected chi connectivity index (χ0v) is 13.3. The van der Waals surface area contributed by atoms with Crippen LogP contribution in [0.5, 0.6) is 5.88 Å². The molecular weight excluding hydrogens is 270 g/mol. The Morgan fingerprint density at radius 3 is 2.65 bits per heavy atom. The quantitative estimate of drug-likeness (QED) is 0.888. The lowest BCUT2D eigenvalue weighted by Crippen LogP contribution is -2.22. The summed E-state index contributed by atoms with van der Waals surface area (Å²) in [5.74, 6) is 0.633. The minimum Gasteiger partial charge on any atom is -0.481 e. The van der Waals surface area contributed by atoms with Crippen LogP contribution < -0.4 is 10.1 Å². The van der Waals surface area contributed by atoms with Crippen LogP contribution in [0.15, 0.2) is 18.3 Å². The van der Waals surface area contributed by atoms with E-state index in [1.165, 1.54) is 10.6 Å². The fourth-order valence-electron chi connectivity index (χ4n) is 2.14. The van der Waals surface area contributed by atoms with Gasteiger partial charge in [0.15, 0.2) is 0 Å². The van der Waals surface area contributed by atoms with Crippen LogP contribution in [0.2, 0.25) is 0 Å². The number of pyridine rings is 1. The molecule has 20 heavy (non-hydrogen) atoms. The molecule has 0 bridgehead atoms. The molecular formula is C15H21N3OS. The second-order valence-corrected chi connectivity index (χ2v) is 5.77. The van der Waals surface area contributed by atoms with Gasteiger partial charge in [-0.15, -0.1) is 11.3 Å². The van der Waals surface area contributed by atoms with Crippen molar-refractivity contribution in [2.45, 2.75) is 33.2 Å².